The van der Waals surface area contributed by atoms with E-state index in [4.69, 9.17) is 4.74 Å². The summed E-state index contributed by atoms with van der Waals surface area (Å²) in [6, 6.07) is 11.2. The predicted molar refractivity (Wildman–Crippen MR) is 84.3 cm³/mol. The second-order valence-corrected chi connectivity index (χ2v) is 5.63. The smallest absolute Gasteiger partial charge is 0.255 e. The fourth-order valence-corrected chi connectivity index (χ4v) is 2.14. The van der Waals surface area contributed by atoms with Crippen LogP contribution in [0, 0.1) is 5.82 Å². The molecular formula is C16H15BrFNO2. The summed E-state index contributed by atoms with van der Waals surface area (Å²) in [5, 5.41) is 2.72. The van der Waals surface area contributed by atoms with Crippen LogP contribution in [0.25, 0.3) is 0 Å². The molecule has 0 aliphatic carbocycles. The Morgan fingerprint density at radius 3 is 2.67 bits per heavy atom. The second-order valence-electron chi connectivity index (χ2n) is 4.78. The molecule has 2 aromatic rings. The van der Waals surface area contributed by atoms with Crippen molar-refractivity contribution in [3.05, 3.63) is 58.3 Å². The molecule has 5 heteroatoms. The molecule has 0 saturated heterocycles. The van der Waals surface area contributed by atoms with E-state index in [9.17, 15) is 9.18 Å². The molecule has 21 heavy (non-hydrogen) atoms. The molecular weight excluding hydrogens is 337 g/mol. The molecule has 1 N–H and O–H groups in total. The van der Waals surface area contributed by atoms with Crippen molar-refractivity contribution < 1.29 is 13.9 Å². The van der Waals surface area contributed by atoms with Crippen LogP contribution in [0.15, 0.2) is 46.9 Å². The maximum atomic E-state index is 13.2. The standard InChI is InChI=1S/C16H15BrFNO2/c1-10(2)21-13-5-3-4-11(8-13)16(20)19-12-6-7-15(18)14(17)9-12/h3-10H,1-2H3,(H,19,20). The molecule has 2 aromatic carbocycles. The number of carbonyl (C=O) groups excluding carboxylic acids is 1. The highest BCUT2D eigenvalue weighted by Gasteiger charge is 2.09. The van der Waals surface area contributed by atoms with Crippen molar-refractivity contribution in [1.82, 2.24) is 0 Å². The molecule has 110 valence electrons. The number of amides is 1. The highest BCUT2D eigenvalue weighted by molar-refractivity contribution is 9.10. The number of anilines is 1. The van der Waals surface area contributed by atoms with Crippen LogP contribution in [-0.2, 0) is 0 Å². The number of rotatable bonds is 4. The molecule has 0 bridgehead atoms. The lowest BCUT2D eigenvalue weighted by Crippen LogP contribution is -2.12. The van der Waals surface area contributed by atoms with E-state index in [2.05, 4.69) is 21.2 Å². The van der Waals surface area contributed by atoms with Gasteiger partial charge in [-0.25, -0.2) is 4.39 Å². The molecule has 0 atom stereocenters. The summed E-state index contributed by atoms with van der Waals surface area (Å²) in [6.07, 6.45) is 0.0383. The van der Waals surface area contributed by atoms with Crippen molar-refractivity contribution in [1.29, 1.82) is 0 Å². The Kier molecular flexibility index (Phi) is 4.96. The summed E-state index contributed by atoms with van der Waals surface area (Å²) in [4.78, 5) is 12.2. The van der Waals surface area contributed by atoms with Gasteiger partial charge in [0, 0.05) is 11.3 Å². The molecule has 1 amide bonds. The zero-order valence-corrected chi connectivity index (χ0v) is 13.3. The predicted octanol–water partition coefficient (Wildman–Crippen LogP) is 4.63. The van der Waals surface area contributed by atoms with Crippen LogP contribution < -0.4 is 10.1 Å². The van der Waals surface area contributed by atoms with E-state index in [1.807, 2.05) is 13.8 Å². The number of carbonyl (C=O) groups is 1. The molecule has 0 fully saturated rings. The maximum Gasteiger partial charge on any atom is 0.255 e. The summed E-state index contributed by atoms with van der Waals surface area (Å²) < 4.78 is 19.0. The number of ether oxygens (including phenoxy) is 1. The first kappa shape index (κ1) is 15.5. The lowest BCUT2D eigenvalue weighted by Gasteiger charge is -2.11. The molecule has 0 radical (unpaired) electrons. The number of benzene rings is 2. The van der Waals surface area contributed by atoms with Gasteiger partial charge in [-0.1, -0.05) is 6.07 Å². The average Bonchev–Trinajstić information content (AvgIpc) is 2.42. The van der Waals surface area contributed by atoms with Gasteiger partial charge < -0.3 is 10.1 Å². The van der Waals surface area contributed by atoms with Crippen molar-refractivity contribution in [3.8, 4) is 5.75 Å². The minimum Gasteiger partial charge on any atom is -0.491 e. The van der Waals surface area contributed by atoms with E-state index >= 15 is 0 Å². The van der Waals surface area contributed by atoms with Crippen molar-refractivity contribution in [3.63, 3.8) is 0 Å². The first-order valence-electron chi connectivity index (χ1n) is 6.49. The van der Waals surface area contributed by atoms with Crippen molar-refractivity contribution >= 4 is 27.5 Å². The monoisotopic (exact) mass is 351 g/mol. The number of nitrogens with one attached hydrogen (secondary N) is 1. The highest BCUT2D eigenvalue weighted by atomic mass is 79.9. The SMILES string of the molecule is CC(C)Oc1cccc(C(=O)Nc2ccc(F)c(Br)c2)c1. The fraction of sp³-hybridized carbons (Fsp3) is 0.188. The van der Waals surface area contributed by atoms with E-state index in [0.717, 1.165) is 0 Å². The summed E-state index contributed by atoms with van der Waals surface area (Å²) in [5.74, 6) is -0.0130. The summed E-state index contributed by atoms with van der Waals surface area (Å²) in [7, 11) is 0. The molecule has 2 rings (SSSR count). The molecule has 0 aliphatic heterocycles. The number of hydrogen-bond donors (Lipinski definition) is 1. The lowest BCUT2D eigenvalue weighted by atomic mass is 10.2. The van der Waals surface area contributed by atoms with Gasteiger partial charge in [-0.3, -0.25) is 4.79 Å². The number of hydrogen-bond acceptors (Lipinski definition) is 2. The van der Waals surface area contributed by atoms with E-state index in [0.29, 0.717) is 21.5 Å². The van der Waals surface area contributed by atoms with Crippen LogP contribution in [0.4, 0.5) is 10.1 Å². The van der Waals surface area contributed by atoms with Crippen LogP contribution in [0.3, 0.4) is 0 Å². The minimum absolute atomic E-state index is 0.0383. The van der Waals surface area contributed by atoms with E-state index < -0.39 is 0 Å². The Morgan fingerprint density at radius 1 is 1.24 bits per heavy atom. The van der Waals surface area contributed by atoms with Crippen LogP contribution in [0.5, 0.6) is 5.75 Å². The molecule has 0 spiro atoms. The number of halogens is 2. The van der Waals surface area contributed by atoms with Gasteiger partial charge in [-0.15, -0.1) is 0 Å². The Hall–Kier alpha value is -1.88. The van der Waals surface area contributed by atoms with Gasteiger partial charge in [0.15, 0.2) is 0 Å². The minimum atomic E-state index is -0.375. The van der Waals surface area contributed by atoms with Gasteiger partial charge in [0.1, 0.15) is 11.6 Å². The van der Waals surface area contributed by atoms with Crippen molar-refractivity contribution in [2.24, 2.45) is 0 Å². The van der Waals surface area contributed by atoms with Gasteiger partial charge in [0.2, 0.25) is 0 Å². The lowest BCUT2D eigenvalue weighted by molar-refractivity contribution is 0.102. The molecule has 0 aromatic heterocycles. The van der Waals surface area contributed by atoms with Crippen LogP contribution in [0.2, 0.25) is 0 Å². The molecule has 3 nitrogen and oxygen atoms in total. The normalized spacial score (nSPS) is 10.5. The first-order chi connectivity index (χ1) is 9.95. The molecule has 0 aliphatic rings. The van der Waals surface area contributed by atoms with Crippen LogP contribution >= 0.6 is 15.9 Å². The largest absolute Gasteiger partial charge is 0.491 e. The van der Waals surface area contributed by atoms with E-state index in [1.54, 1.807) is 24.3 Å². The van der Waals surface area contributed by atoms with Gasteiger partial charge in [0.05, 0.1) is 10.6 Å². The van der Waals surface area contributed by atoms with E-state index in [1.165, 1.54) is 18.2 Å². The first-order valence-corrected chi connectivity index (χ1v) is 7.28. The van der Waals surface area contributed by atoms with Gasteiger partial charge in [0.25, 0.3) is 5.91 Å². The Balaban J connectivity index is 2.14. The summed E-state index contributed by atoms with van der Waals surface area (Å²) >= 11 is 3.08. The zero-order valence-electron chi connectivity index (χ0n) is 11.7. The quantitative estimate of drug-likeness (QED) is 0.872. The topological polar surface area (TPSA) is 38.3 Å². The maximum absolute atomic E-state index is 13.2. The fourth-order valence-electron chi connectivity index (χ4n) is 1.76. The summed E-state index contributed by atoms with van der Waals surface area (Å²) in [5.41, 5.74) is 0.997. The Labute approximate surface area is 131 Å². The Bertz CT molecular complexity index is 658. The third-order valence-electron chi connectivity index (χ3n) is 2.65. The zero-order chi connectivity index (χ0) is 15.4. The molecule has 0 unspecified atom stereocenters. The third kappa shape index (κ3) is 4.29. The highest BCUT2D eigenvalue weighted by Crippen LogP contribution is 2.21. The molecule has 0 saturated carbocycles. The average molecular weight is 352 g/mol. The second kappa shape index (κ2) is 6.72. The third-order valence-corrected chi connectivity index (χ3v) is 3.25. The van der Waals surface area contributed by atoms with Gasteiger partial charge in [-0.05, 0) is 66.2 Å². The van der Waals surface area contributed by atoms with Gasteiger partial charge in [-0.2, -0.15) is 0 Å². The van der Waals surface area contributed by atoms with Crippen molar-refractivity contribution in [2.75, 3.05) is 5.32 Å². The van der Waals surface area contributed by atoms with Crippen molar-refractivity contribution in [2.45, 2.75) is 20.0 Å². The molecule has 0 heterocycles. The van der Waals surface area contributed by atoms with Crippen LogP contribution in [-0.4, -0.2) is 12.0 Å². The van der Waals surface area contributed by atoms with Gasteiger partial charge >= 0.3 is 0 Å². The summed E-state index contributed by atoms with van der Waals surface area (Å²) in [6.45, 7) is 3.84. The van der Waals surface area contributed by atoms with E-state index in [-0.39, 0.29) is 17.8 Å². The Morgan fingerprint density at radius 2 is 2.00 bits per heavy atom. The van der Waals surface area contributed by atoms with Crippen LogP contribution in [0.1, 0.15) is 24.2 Å².